The van der Waals surface area contributed by atoms with Crippen molar-refractivity contribution in [2.24, 2.45) is 5.41 Å². The molecule has 0 aliphatic carbocycles. The maximum atomic E-state index is 13.2. The summed E-state index contributed by atoms with van der Waals surface area (Å²) in [6, 6.07) is 37.6. The Morgan fingerprint density at radius 3 is 0.919 bits per heavy atom. The van der Waals surface area contributed by atoms with Crippen molar-refractivity contribution in [2.45, 2.75) is 150 Å². The Morgan fingerprint density at radius 1 is 0.354 bits per heavy atom. The SMILES string of the molecule is CCC(COCC(C)(COCC(C)OCC(C)OCC(C)NC(=O)Cc1ccccc1Nc1c(Cl)cccc1Cl)COCC(C)OCC(C)OCC(C)NC(=O)Cc1ccccc1Nc1c(Cl)cccc1Cl)OCC(C)OCC(C)NC(=O)Cc1ccccc1Nc1c(Cl)cccc1Cl. The Labute approximate surface area is 615 Å². The second kappa shape index (κ2) is 43.5. The van der Waals surface area contributed by atoms with Gasteiger partial charge in [0.15, 0.2) is 0 Å². The molecular weight excluding hydrogens is 1390 g/mol. The third kappa shape index (κ3) is 30.2. The van der Waals surface area contributed by atoms with E-state index in [0.29, 0.717) is 113 Å². The average molecular weight is 1490 g/mol. The predicted molar refractivity (Wildman–Crippen MR) is 400 cm³/mol. The molecule has 9 unspecified atom stereocenters. The second-order valence-corrected chi connectivity index (χ2v) is 28.0. The van der Waals surface area contributed by atoms with Crippen LogP contribution in [0.5, 0.6) is 0 Å². The highest BCUT2D eigenvalue weighted by Crippen LogP contribution is 2.37. The molecule has 0 heterocycles. The van der Waals surface area contributed by atoms with E-state index in [1.807, 2.05) is 135 Å². The molecule has 0 aromatic heterocycles. The summed E-state index contributed by atoms with van der Waals surface area (Å²) >= 11 is 38.5. The van der Waals surface area contributed by atoms with Crippen molar-refractivity contribution >= 4 is 121 Å². The van der Waals surface area contributed by atoms with Gasteiger partial charge in [0.25, 0.3) is 0 Å². The molecule has 0 spiro atoms. The van der Waals surface area contributed by atoms with Crippen molar-refractivity contribution < 1.29 is 57.0 Å². The number of benzene rings is 6. The first-order chi connectivity index (χ1) is 47.4. The molecule has 0 radical (unpaired) electrons. The summed E-state index contributed by atoms with van der Waals surface area (Å²) in [7, 11) is 0. The molecule has 0 fully saturated rings. The van der Waals surface area contributed by atoms with Crippen LogP contribution in [0.4, 0.5) is 34.1 Å². The fourth-order valence-corrected chi connectivity index (χ4v) is 11.6. The molecule has 18 nitrogen and oxygen atoms in total. The Morgan fingerprint density at radius 2 is 0.616 bits per heavy atom. The minimum Gasteiger partial charge on any atom is -0.378 e. The highest BCUT2D eigenvalue weighted by Gasteiger charge is 2.29. The number of carbonyl (C=O) groups is 3. The number of hydrogen-bond acceptors (Lipinski definition) is 15. The van der Waals surface area contributed by atoms with Gasteiger partial charge in [-0.25, -0.2) is 0 Å². The number of hydrogen-bond donors (Lipinski definition) is 6. The van der Waals surface area contributed by atoms with Crippen LogP contribution in [0.25, 0.3) is 0 Å². The highest BCUT2D eigenvalue weighted by molar-refractivity contribution is 6.40. The van der Waals surface area contributed by atoms with Crippen molar-refractivity contribution in [2.75, 3.05) is 95.2 Å². The molecule has 24 heteroatoms. The van der Waals surface area contributed by atoms with Crippen LogP contribution in [-0.2, 0) is 76.3 Å². The van der Waals surface area contributed by atoms with Gasteiger partial charge in [0.2, 0.25) is 17.7 Å². The van der Waals surface area contributed by atoms with Gasteiger partial charge in [-0.05, 0) is 133 Å². The fraction of sp³-hybridized carbons (Fsp3) is 0.480. The van der Waals surface area contributed by atoms with Gasteiger partial charge in [-0.1, -0.05) is 156 Å². The van der Waals surface area contributed by atoms with E-state index in [2.05, 4.69) is 38.8 Å². The number of halogens is 6. The quantitative estimate of drug-likeness (QED) is 0.0210. The van der Waals surface area contributed by atoms with Crippen LogP contribution in [0.3, 0.4) is 0 Å². The number of anilines is 6. The van der Waals surface area contributed by atoms with Crippen molar-refractivity contribution in [1.82, 2.24) is 16.0 Å². The van der Waals surface area contributed by atoms with Crippen LogP contribution in [0.2, 0.25) is 30.1 Å². The molecule has 0 saturated heterocycles. The first-order valence-corrected chi connectivity index (χ1v) is 35.8. The van der Waals surface area contributed by atoms with Gasteiger partial charge in [-0.15, -0.1) is 0 Å². The summed E-state index contributed by atoms with van der Waals surface area (Å²) in [5, 5.41) is 21.8. The van der Waals surface area contributed by atoms with Crippen LogP contribution < -0.4 is 31.9 Å². The zero-order valence-corrected chi connectivity index (χ0v) is 62.8. The highest BCUT2D eigenvalue weighted by atomic mass is 35.5. The minimum absolute atomic E-state index is 0.135. The molecule has 0 aliphatic heterocycles. The lowest BCUT2D eigenvalue weighted by atomic mass is 9.94. The third-order valence-electron chi connectivity index (χ3n) is 15.5. The summed E-state index contributed by atoms with van der Waals surface area (Å²) in [6.45, 7) is 23.0. The summed E-state index contributed by atoms with van der Waals surface area (Å²) < 4.78 is 56.1. The first kappa shape index (κ1) is 82.5. The number of carbonyl (C=O) groups excluding carboxylic acids is 3. The van der Waals surface area contributed by atoms with Crippen molar-refractivity contribution in [1.29, 1.82) is 0 Å². The summed E-state index contributed by atoms with van der Waals surface area (Å²) in [6.07, 6.45) is -0.472. The number of nitrogens with one attached hydrogen (secondary N) is 6. The van der Waals surface area contributed by atoms with Gasteiger partial charge in [0.1, 0.15) is 0 Å². The summed E-state index contributed by atoms with van der Waals surface area (Å²) in [4.78, 5) is 39.7. The Hall–Kier alpha value is -5.49. The Kier molecular flexibility index (Phi) is 36.2. The number of amides is 3. The lowest BCUT2D eigenvalue weighted by molar-refractivity contribution is -0.122. The first-order valence-electron chi connectivity index (χ1n) is 33.5. The molecule has 6 rings (SSSR count). The van der Waals surface area contributed by atoms with Crippen LogP contribution in [0.1, 0.15) is 92.3 Å². The maximum Gasteiger partial charge on any atom is 0.224 e. The number of para-hydroxylation sites is 6. The van der Waals surface area contributed by atoms with Gasteiger partial charge >= 0.3 is 0 Å². The van der Waals surface area contributed by atoms with E-state index >= 15 is 0 Å². The monoisotopic (exact) mass is 1480 g/mol. The molecule has 9 atom stereocenters. The van der Waals surface area contributed by atoms with E-state index in [0.717, 1.165) is 33.8 Å². The Bertz CT molecular complexity index is 3240. The van der Waals surface area contributed by atoms with Crippen LogP contribution in [-0.4, -0.2) is 152 Å². The van der Waals surface area contributed by atoms with Gasteiger partial charge in [-0.2, -0.15) is 0 Å². The van der Waals surface area contributed by atoms with Crippen molar-refractivity contribution in [3.63, 3.8) is 0 Å². The standard InChI is InChI=1S/C75H98Cl6N6O12/c1-11-59(99-43-55(9)96-38-50(4)84-71(90)35-58-23-14-17-32-68(58)87-74-64(80)28-20-29-65(74)81)44-93-47-75(10,45-91-39-51(5)97-41-53(7)94-36-48(2)82-69(88)33-56-21-12-15-30-66(56)85-72-60(76)24-18-25-61(72)77)46-92-40-52(6)98-42-54(8)95-37-49(3)83-70(89)34-57-22-13-16-31-67(57)86-73-62(78)26-19-27-63(73)79/h12-32,48-55,59,85-87H,11,33-47H2,1-10H3,(H,82,88)(H,83,89)(H,84,90). The lowest BCUT2D eigenvalue weighted by Gasteiger charge is -2.31. The van der Waals surface area contributed by atoms with Crippen LogP contribution in [0.15, 0.2) is 127 Å². The smallest absolute Gasteiger partial charge is 0.224 e. The Balaban J connectivity index is 0.928. The molecule has 0 bridgehead atoms. The minimum atomic E-state index is -0.589. The molecule has 0 aliphatic rings. The van der Waals surface area contributed by atoms with Gasteiger partial charge < -0.3 is 74.5 Å². The summed E-state index contributed by atoms with van der Waals surface area (Å²) in [5.41, 5.74) is 5.66. The maximum absolute atomic E-state index is 13.2. The molecule has 3 amide bonds. The predicted octanol–water partition coefficient (Wildman–Crippen LogP) is 16.3. The van der Waals surface area contributed by atoms with E-state index in [4.69, 9.17) is 112 Å². The van der Waals surface area contributed by atoms with E-state index in [9.17, 15) is 14.4 Å². The lowest BCUT2D eigenvalue weighted by Crippen LogP contribution is -2.39. The topological polar surface area (TPSA) is 206 Å². The van der Waals surface area contributed by atoms with Crippen molar-refractivity contribution in [3.8, 4) is 0 Å². The molecule has 0 saturated carbocycles. The van der Waals surface area contributed by atoms with E-state index in [1.165, 1.54) is 0 Å². The molecule has 542 valence electrons. The third-order valence-corrected chi connectivity index (χ3v) is 17.4. The van der Waals surface area contributed by atoms with Gasteiger partial charge in [-0.3, -0.25) is 14.4 Å². The van der Waals surface area contributed by atoms with E-state index < -0.39 is 5.41 Å². The number of rotatable bonds is 46. The van der Waals surface area contributed by atoms with E-state index in [-0.39, 0.29) is 112 Å². The molecule has 6 aromatic rings. The largest absolute Gasteiger partial charge is 0.378 e. The van der Waals surface area contributed by atoms with Crippen LogP contribution in [0, 0.1) is 5.41 Å². The molecule has 6 aromatic carbocycles. The van der Waals surface area contributed by atoms with Crippen LogP contribution >= 0.6 is 69.6 Å². The fourth-order valence-electron chi connectivity index (χ4n) is 10.1. The normalized spacial score (nSPS) is 14.9. The molecule has 6 N–H and O–H groups in total. The molecular formula is C75H98Cl6N6O12. The molecule has 99 heavy (non-hydrogen) atoms. The summed E-state index contributed by atoms with van der Waals surface area (Å²) in [5.74, 6) is -0.477. The number of ether oxygens (including phenoxy) is 9. The van der Waals surface area contributed by atoms with Gasteiger partial charge in [0, 0.05) is 40.6 Å². The van der Waals surface area contributed by atoms with Crippen molar-refractivity contribution in [3.05, 3.63) is 174 Å². The zero-order chi connectivity index (χ0) is 71.9. The second-order valence-electron chi connectivity index (χ2n) is 25.5. The van der Waals surface area contributed by atoms with E-state index in [1.54, 1.807) is 54.6 Å². The average Bonchev–Trinajstić information content (AvgIpc) is 0.860. The van der Waals surface area contributed by atoms with Gasteiger partial charge in [0.05, 0.1) is 182 Å². The zero-order valence-electron chi connectivity index (χ0n) is 58.3.